The molecule has 5 rings (SSSR count). The number of phenols is 2. The summed E-state index contributed by atoms with van der Waals surface area (Å²) >= 11 is 0. The van der Waals surface area contributed by atoms with E-state index in [2.05, 4.69) is 20.8 Å². The van der Waals surface area contributed by atoms with E-state index in [9.17, 15) is 28.0 Å². The zero-order chi connectivity index (χ0) is 26.2. The van der Waals surface area contributed by atoms with Gasteiger partial charge in [0.1, 0.15) is 34.6 Å². The number of nitrogens with one attached hydrogen (secondary N) is 1. The molecule has 1 atom stereocenters. The van der Waals surface area contributed by atoms with Crippen LogP contribution >= 0.6 is 0 Å². The Balaban J connectivity index is 1.53. The molecule has 0 amide bonds. The lowest BCUT2D eigenvalue weighted by atomic mass is 9.99. The van der Waals surface area contributed by atoms with Crippen LogP contribution in [0.15, 0.2) is 99.1 Å². The number of rotatable bonds is 5. The van der Waals surface area contributed by atoms with Crippen molar-refractivity contribution in [2.75, 3.05) is 5.43 Å². The number of anilines is 1. The van der Waals surface area contributed by atoms with Crippen molar-refractivity contribution in [3.05, 3.63) is 83.8 Å². The summed E-state index contributed by atoms with van der Waals surface area (Å²) in [6, 6.07) is 19.3. The van der Waals surface area contributed by atoms with Gasteiger partial charge in [-0.15, -0.1) is 0 Å². The molecular weight excluding hydrogens is 496 g/mol. The number of nitrogens with zero attached hydrogens (tertiary/aromatic N) is 3. The van der Waals surface area contributed by atoms with Gasteiger partial charge < -0.3 is 10.2 Å². The zero-order valence-corrected chi connectivity index (χ0v) is 19.9. The van der Waals surface area contributed by atoms with Gasteiger partial charge in [-0.05, 0) is 29.0 Å². The van der Waals surface area contributed by atoms with E-state index in [1.165, 1.54) is 12.1 Å². The number of allylic oxidation sites excluding steroid dienone is 1. The van der Waals surface area contributed by atoms with Crippen molar-refractivity contribution >= 4 is 54.5 Å². The van der Waals surface area contributed by atoms with Crippen molar-refractivity contribution in [2.24, 2.45) is 15.3 Å². The number of benzene rings is 4. The monoisotopic (exact) mass is 516 g/mol. The van der Waals surface area contributed by atoms with Crippen LogP contribution in [-0.4, -0.2) is 40.7 Å². The molecule has 0 bridgehead atoms. The maximum atomic E-state index is 13.2. The molecule has 4 N–H and O–H groups in total. The number of ketones is 1. The summed E-state index contributed by atoms with van der Waals surface area (Å²) in [7, 11) is -4.67. The highest BCUT2D eigenvalue weighted by Gasteiger charge is 2.33. The minimum absolute atomic E-state index is 0.117. The van der Waals surface area contributed by atoms with Gasteiger partial charge in [0.15, 0.2) is 0 Å². The van der Waals surface area contributed by atoms with Gasteiger partial charge in [-0.1, -0.05) is 60.7 Å². The number of Topliss-reactive ketones (excluding diaryl/α,β-unsaturated/α-hetero) is 1. The number of hydrogen-bond acceptors (Lipinski definition) is 9. The van der Waals surface area contributed by atoms with Gasteiger partial charge in [-0.2, -0.15) is 23.7 Å². The van der Waals surface area contributed by atoms with E-state index < -0.39 is 33.3 Å². The van der Waals surface area contributed by atoms with Crippen LogP contribution in [0, 0.1) is 0 Å². The minimum atomic E-state index is -4.67. The first-order valence-corrected chi connectivity index (χ1v) is 12.5. The molecule has 4 aromatic rings. The molecule has 0 saturated carbocycles. The molecule has 0 aromatic heterocycles. The topological polar surface area (TPSA) is 161 Å². The summed E-state index contributed by atoms with van der Waals surface area (Å²) in [5, 5.41) is 35.6. The number of phenolic OH excluding ortho intramolecular Hbond substituents is 2. The Kier molecular flexibility index (Phi) is 6.15. The van der Waals surface area contributed by atoms with Gasteiger partial charge in [-0.25, -0.2) is 0 Å². The van der Waals surface area contributed by atoms with Crippen molar-refractivity contribution in [1.82, 2.24) is 0 Å². The Bertz CT molecular complexity index is 1760. The summed E-state index contributed by atoms with van der Waals surface area (Å²) in [6.45, 7) is 0. The number of azo groups is 1. The van der Waals surface area contributed by atoms with Crippen LogP contribution in [0.5, 0.6) is 11.5 Å². The average molecular weight is 517 g/mol. The standard InChI is InChI=1S/C26H20N4O6S/c31-22-11-9-15-5-1-3-7-18(15)24(22)29-27-20-13-17(37(34,35)36)14-21(26(20)33)28-30-25-19-8-4-2-6-16(19)10-12-23(25)32/h1-13,21,29,31-32H,14H2,(H,34,35,36)/t21-/m1/s1. The minimum Gasteiger partial charge on any atom is -0.506 e. The summed E-state index contributed by atoms with van der Waals surface area (Å²) in [4.78, 5) is 12.7. The van der Waals surface area contributed by atoms with E-state index >= 15 is 0 Å². The number of carbonyl (C=O) groups excluding carboxylic acids is 1. The summed E-state index contributed by atoms with van der Waals surface area (Å²) in [5.74, 6) is -0.964. The van der Waals surface area contributed by atoms with Crippen LogP contribution in [0.2, 0.25) is 0 Å². The van der Waals surface area contributed by atoms with Crippen molar-refractivity contribution < 1.29 is 28.0 Å². The lowest BCUT2D eigenvalue weighted by Gasteiger charge is -2.18. The van der Waals surface area contributed by atoms with E-state index in [0.717, 1.165) is 16.8 Å². The van der Waals surface area contributed by atoms with E-state index in [1.54, 1.807) is 36.4 Å². The van der Waals surface area contributed by atoms with Crippen LogP contribution in [-0.2, 0) is 14.9 Å². The molecule has 37 heavy (non-hydrogen) atoms. The van der Waals surface area contributed by atoms with Crippen molar-refractivity contribution in [3.8, 4) is 11.5 Å². The molecule has 186 valence electrons. The van der Waals surface area contributed by atoms with Crippen molar-refractivity contribution in [2.45, 2.75) is 12.5 Å². The van der Waals surface area contributed by atoms with Crippen LogP contribution in [0.25, 0.3) is 21.5 Å². The SMILES string of the molecule is O=C1C(=NNc2c(O)ccc3ccccc23)C=C(S(=O)(=O)O)C[C@H]1N=Nc1c(O)ccc2ccccc12. The van der Waals surface area contributed by atoms with Gasteiger partial charge in [0.2, 0.25) is 5.78 Å². The second-order valence-electron chi connectivity index (χ2n) is 8.33. The molecule has 0 heterocycles. The fraction of sp³-hybridized carbons (Fsp3) is 0.0769. The van der Waals surface area contributed by atoms with Crippen LogP contribution < -0.4 is 5.43 Å². The van der Waals surface area contributed by atoms with Crippen molar-refractivity contribution in [3.63, 3.8) is 0 Å². The Morgan fingerprint density at radius 2 is 1.46 bits per heavy atom. The van der Waals surface area contributed by atoms with Gasteiger partial charge in [0.25, 0.3) is 10.1 Å². The molecule has 0 spiro atoms. The molecule has 0 fully saturated rings. The second-order valence-corrected chi connectivity index (χ2v) is 9.80. The largest absolute Gasteiger partial charge is 0.506 e. The van der Waals surface area contributed by atoms with E-state index in [0.29, 0.717) is 10.8 Å². The Morgan fingerprint density at radius 3 is 2.16 bits per heavy atom. The summed E-state index contributed by atoms with van der Waals surface area (Å²) in [6.07, 6.45) is 0.513. The smallest absolute Gasteiger partial charge is 0.290 e. The first-order valence-electron chi connectivity index (χ1n) is 11.1. The molecule has 4 aromatic carbocycles. The molecule has 0 unspecified atom stereocenters. The molecule has 1 aliphatic rings. The van der Waals surface area contributed by atoms with Crippen LogP contribution in [0.4, 0.5) is 11.4 Å². The van der Waals surface area contributed by atoms with Gasteiger partial charge in [0.05, 0.1) is 4.91 Å². The fourth-order valence-electron chi connectivity index (χ4n) is 4.07. The Labute approximate surface area is 211 Å². The third kappa shape index (κ3) is 4.77. The number of hydrazone groups is 1. The number of aromatic hydroxyl groups is 2. The third-order valence-corrected chi connectivity index (χ3v) is 6.90. The molecule has 0 aliphatic heterocycles. The van der Waals surface area contributed by atoms with E-state index in [4.69, 9.17) is 0 Å². The number of carbonyl (C=O) groups is 1. The van der Waals surface area contributed by atoms with Gasteiger partial charge in [0, 0.05) is 17.2 Å². The highest BCUT2D eigenvalue weighted by atomic mass is 32.2. The van der Waals surface area contributed by atoms with E-state index in [1.807, 2.05) is 24.3 Å². The van der Waals surface area contributed by atoms with Gasteiger partial charge in [-0.3, -0.25) is 14.8 Å². The summed E-state index contributed by atoms with van der Waals surface area (Å²) < 4.78 is 33.5. The lowest BCUT2D eigenvalue weighted by molar-refractivity contribution is -0.114. The Hall–Kier alpha value is -4.61. The number of fused-ring (bicyclic) bond motifs is 2. The molecule has 1 aliphatic carbocycles. The predicted molar refractivity (Wildman–Crippen MR) is 140 cm³/mol. The fourth-order valence-corrected chi connectivity index (χ4v) is 4.70. The molecular formula is C26H20N4O6S. The highest BCUT2D eigenvalue weighted by molar-refractivity contribution is 7.89. The van der Waals surface area contributed by atoms with E-state index in [-0.39, 0.29) is 28.6 Å². The Morgan fingerprint density at radius 1 is 0.838 bits per heavy atom. The highest BCUT2D eigenvalue weighted by Crippen LogP contribution is 2.36. The van der Waals surface area contributed by atoms with Crippen LogP contribution in [0.3, 0.4) is 0 Å². The second kappa shape index (κ2) is 9.45. The average Bonchev–Trinajstić information content (AvgIpc) is 2.88. The first kappa shape index (κ1) is 24.1. The predicted octanol–water partition coefficient (Wildman–Crippen LogP) is 5.07. The normalized spacial score (nSPS) is 17.5. The molecule has 10 nitrogen and oxygen atoms in total. The first-order chi connectivity index (χ1) is 17.7. The van der Waals surface area contributed by atoms with Gasteiger partial charge >= 0.3 is 0 Å². The summed E-state index contributed by atoms with van der Waals surface area (Å²) in [5.41, 5.74) is 2.63. The van der Waals surface area contributed by atoms with Crippen molar-refractivity contribution in [1.29, 1.82) is 0 Å². The van der Waals surface area contributed by atoms with Crippen LogP contribution in [0.1, 0.15) is 6.42 Å². The molecule has 0 radical (unpaired) electrons. The maximum Gasteiger partial charge on any atom is 0.290 e. The lowest BCUT2D eigenvalue weighted by Crippen LogP contribution is -2.32. The maximum absolute atomic E-state index is 13.2. The zero-order valence-electron chi connectivity index (χ0n) is 19.1. The third-order valence-electron chi connectivity index (χ3n) is 5.95. The number of hydrogen-bond donors (Lipinski definition) is 4. The molecule has 11 heteroatoms. The molecule has 0 saturated heterocycles. The quantitative estimate of drug-likeness (QED) is 0.125.